The van der Waals surface area contributed by atoms with Crippen LogP contribution in [0.2, 0.25) is 0 Å². The van der Waals surface area contributed by atoms with E-state index < -0.39 is 21.6 Å². The second kappa shape index (κ2) is 11.1. The van der Waals surface area contributed by atoms with E-state index in [1.165, 1.54) is 15.4 Å². The minimum Gasteiger partial charge on any atom is -0.497 e. The van der Waals surface area contributed by atoms with Crippen molar-refractivity contribution in [1.82, 2.24) is 4.98 Å². The molecule has 0 radical (unpaired) electrons. The van der Waals surface area contributed by atoms with Gasteiger partial charge in [0.15, 0.2) is 5.69 Å². The van der Waals surface area contributed by atoms with Crippen molar-refractivity contribution in [2.24, 2.45) is 0 Å². The fourth-order valence-electron chi connectivity index (χ4n) is 4.26. The van der Waals surface area contributed by atoms with Gasteiger partial charge in [-0.05, 0) is 62.9 Å². The van der Waals surface area contributed by atoms with Crippen LogP contribution in [0.25, 0.3) is 0 Å². The zero-order valence-electron chi connectivity index (χ0n) is 21.6. The first-order valence-corrected chi connectivity index (χ1v) is 14.7. The van der Waals surface area contributed by atoms with Crippen LogP contribution in [0, 0.1) is 0 Å². The van der Waals surface area contributed by atoms with Crippen molar-refractivity contribution in [2.45, 2.75) is 45.8 Å². The van der Waals surface area contributed by atoms with Crippen LogP contribution in [0.3, 0.4) is 0 Å². The molecule has 2 aromatic carbocycles. The molecule has 0 N–H and O–H groups in total. The molecule has 8 nitrogen and oxygen atoms in total. The first-order valence-electron chi connectivity index (χ1n) is 12.2. The normalized spacial score (nSPS) is 13.7. The van der Waals surface area contributed by atoms with Gasteiger partial charge in [-0.2, -0.15) is 0 Å². The second-order valence-corrected chi connectivity index (χ2v) is 12.7. The summed E-state index contributed by atoms with van der Waals surface area (Å²) in [6.45, 7) is 6.49. The van der Waals surface area contributed by atoms with Crippen LogP contribution in [-0.2, 0) is 27.7 Å². The Hall–Kier alpha value is -3.11. The topological polar surface area (TPSA) is 89.0 Å². The monoisotopic (exact) mass is 543 g/mol. The largest absolute Gasteiger partial charge is 0.497 e. The van der Waals surface area contributed by atoms with E-state index in [1.54, 1.807) is 40.0 Å². The van der Waals surface area contributed by atoms with Crippen molar-refractivity contribution >= 4 is 38.0 Å². The SMILES string of the molecule is COc1ccc(CN(c2scnc2C(=O)OC(C)(C)C)S(=O)(=O)CCN2CCCc3ccccc32)cc1. The highest BCUT2D eigenvalue weighted by Crippen LogP contribution is 2.32. The lowest BCUT2D eigenvalue weighted by molar-refractivity contribution is 0.00646. The minimum atomic E-state index is -3.84. The molecule has 0 unspecified atom stereocenters. The number of thiazole rings is 1. The molecule has 3 aromatic rings. The fourth-order valence-corrected chi connectivity index (χ4v) is 6.77. The molecule has 1 aromatic heterocycles. The summed E-state index contributed by atoms with van der Waals surface area (Å²) >= 11 is 1.11. The van der Waals surface area contributed by atoms with Gasteiger partial charge in [0.1, 0.15) is 16.4 Å². The Labute approximate surface area is 222 Å². The van der Waals surface area contributed by atoms with E-state index in [-0.39, 0.29) is 23.0 Å². The summed E-state index contributed by atoms with van der Waals surface area (Å²) in [5, 5.41) is 0.254. The van der Waals surface area contributed by atoms with Crippen molar-refractivity contribution in [3.8, 4) is 5.75 Å². The van der Waals surface area contributed by atoms with E-state index in [0.29, 0.717) is 12.3 Å². The molecule has 0 spiro atoms. The molecule has 198 valence electrons. The number of anilines is 2. The molecule has 2 heterocycles. The molecular weight excluding hydrogens is 510 g/mol. The maximum absolute atomic E-state index is 13.9. The Kier molecular flexibility index (Phi) is 8.08. The van der Waals surface area contributed by atoms with E-state index in [1.807, 2.05) is 30.3 Å². The van der Waals surface area contributed by atoms with Gasteiger partial charge >= 0.3 is 5.97 Å². The number of methoxy groups -OCH3 is 1. The van der Waals surface area contributed by atoms with E-state index in [0.717, 1.165) is 42.0 Å². The number of rotatable bonds is 9. The number of carbonyl (C=O) groups is 1. The predicted molar refractivity (Wildman–Crippen MR) is 147 cm³/mol. The highest BCUT2D eigenvalue weighted by molar-refractivity contribution is 7.93. The molecule has 0 aliphatic carbocycles. The smallest absolute Gasteiger partial charge is 0.360 e. The standard InChI is InChI=1S/C27H33N3O5S2/c1-27(2,3)35-26(31)24-25(36-19-28-24)30(18-20-11-13-22(34-4)14-12-20)37(32,33)17-16-29-15-7-9-21-8-5-6-10-23(21)29/h5-6,8,10-14,19H,7,9,15-18H2,1-4H3. The number of benzene rings is 2. The van der Waals surface area contributed by atoms with Gasteiger partial charge in [0, 0.05) is 18.8 Å². The van der Waals surface area contributed by atoms with E-state index in [9.17, 15) is 13.2 Å². The van der Waals surface area contributed by atoms with E-state index in [4.69, 9.17) is 9.47 Å². The minimum absolute atomic E-state index is 0.000305. The van der Waals surface area contributed by atoms with Crippen molar-refractivity contribution < 1.29 is 22.7 Å². The Bertz CT molecular complexity index is 1330. The van der Waals surface area contributed by atoms with Gasteiger partial charge in [0.05, 0.1) is 24.9 Å². The lowest BCUT2D eigenvalue weighted by atomic mass is 10.0. The molecule has 1 aliphatic heterocycles. The number of ether oxygens (including phenoxy) is 2. The molecule has 0 fully saturated rings. The van der Waals surface area contributed by atoms with Gasteiger partial charge in [0.2, 0.25) is 10.0 Å². The summed E-state index contributed by atoms with van der Waals surface area (Å²) < 4.78 is 39.8. The first-order chi connectivity index (χ1) is 17.6. The summed E-state index contributed by atoms with van der Waals surface area (Å²) in [7, 11) is -2.26. The van der Waals surface area contributed by atoms with Crippen LogP contribution in [0.15, 0.2) is 54.0 Å². The van der Waals surface area contributed by atoms with Gasteiger partial charge in [0.25, 0.3) is 0 Å². The Morgan fingerprint density at radius 1 is 1.14 bits per heavy atom. The highest BCUT2D eigenvalue weighted by atomic mass is 32.2. The molecule has 0 bridgehead atoms. The second-order valence-electron chi connectivity index (χ2n) is 9.90. The first kappa shape index (κ1) is 26.9. The van der Waals surface area contributed by atoms with Crippen LogP contribution < -0.4 is 13.9 Å². The zero-order valence-corrected chi connectivity index (χ0v) is 23.3. The predicted octanol–water partition coefficient (Wildman–Crippen LogP) is 4.90. The highest BCUT2D eigenvalue weighted by Gasteiger charge is 2.32. The summed E-state index contributed by atoms with van der Waals surface area (Å²) in [6, 6.07) is 15.3. The Balaban J connectivity index is 1.64. The van der Waals surface area contributed by atoms with E-state index >= 15 is 0 Å². The average molecular weight is 544 g/mol. The van der Waals surface area contributed by atoms with Crippen molar-refractivity contribution in [3.63, 3.8) is 0 Å². The molecule has 4 rings (SSSR count). The van der Waals surface area contributed by atoms with Gasteiger partial charge in [-0.15, -0.1) is 11.3 Å². The number of hydrogen-bond acceptors (Lipinski definition) is 8. The number of aromatic nitrogens is 1. The van der Waals surface area contributed by atoms with Crippen molar-refractivity contribution in [1.29, 1.82) is 0 Å². The fraction of sp³-hybridized carbons (Fsp3) is 0.407. The lowest BCUT2D eigenvalue weighted by Gasteiger charge is -2.32. The van der Waals surface area contributed by atoms with Gasteiger partial charge in [-0.1, -0.05) is 30.3 Å². The van der Waals surface area contributed by atoms with Gasteiger partial charge < -0.3 is 14.4 Å². The maximum atomic E-state index is 13.9. The number of esters is 1. The number of fused-ring (bicyclic) bond motifs is 1. The molecule has 1 aliphatic rings. The lowest BCUT2D eigenvalue weighted by Crippen LogP contribution is -2.39. The van der Waals surface area contributed by atoms with E-state index in [2.05, 4.69) is 16.0 Å². The van der Waals surface area contributed by atoms with Crippen LogP contribution in [-0.4, -0.2) is 50.9 Å². The van der Waals surface area contributed by atoms with Crippen molar-refractivity contribution in [2.75, 3.05) is 35.2 Å². The molecule has 0 amide bonds. The molecular formula is C27H33N3O5S2. The number of para-hydroxylation sites is 1. The Morgan fingerprint density at radius 2 is 1.86 bits per heavy atom. The quantitative estimate of drug-likeness (QED) is 0.355. The maximum Gasteiger partial charge on any atom is 0.360 e. The van der Waals surface area contributed by atoms with Crippen LogP contribution in [0.5, 0.6) is 5.75 Å². The third-order valence-corrected chi connectivity index (χ3v) is 8.66. The molecule has 0 atom stereocenters. The summed E-state index contributed by atoms with van der Waals surface area (Å²) in [5.41, 5.74) is 3.82. The number of carbonyl (C=O) groups excluding carboxylic acids is 1. The third-order valence-electron chi connectivity index (χ3n) is 6.01. The zero-order chi connectivity index (χ0) is 26.6. The molecule has 10 heteroatoms. The van der Waals surface area contributed by atoms with Gasteiger partial charge in [-0.3, -0.25) is 4.31 Å². The van der Waals surface area contributed by atoms with Gasteiger partial charge in [-0.25, -0.2) is 18.2 Å². The number of nitrogens with zero attached hydrogens (tertiary/aromatic N) is 3. The Morgan fingerprint density at radius 3 is 2.57 bits per heavy atom. The number of aryl methyl sites for hydroxylation is 1. The number of sulfonamides is 1. The van der Waals surface area contributed by atoms with Crippen LogP contribution in [0.4, 0.5) is 10.7 Å². The summed E-state index contributed by atoms with van der Waals surface area (Å²) in [5.74, 6) is -0.0823. The molecule has 37 heavy (non-hydrogen) atoms. The number of hydrogen-bond donors (Lipinski definition) is 0. The van der Waals surface area contributed by atoms with Crippen LogP contribution >= 0.6 is 11.3 Å². The third kappa shape index (κ3) is 6.61. The molecule has 0 saturated heterocycles. The molecule has 0 saturated carbocycles. The average Bonchev–Trinajstić information content (AvgIpc) is 3.35. The van der Waals surface area contributed by atoms with Crippen molar-refractivity contribution in [3.05, 3.63) is 70.9 Å². The summed E-state index contributed by atoms with van der Waals surface area (Å²) in [4.78, 5) is 19.2. The summed E-state index contributed by atoms with van der Waals surface area (Å²) in [6.07, 6.45) is 1.97. The van der Waals surface area contributed by atoms with Crippen LogP contribution in [0.1, 0.15) is 48.8 Å².